The van der Waals surface area contributed by atoms with Gasteiger partial charge in [-0.3, -0.25) is 0 Å². The smallest absolute Gasteiger partial charge is 0.387 e. The van der Waals surface area contributed by atoms with Crippen LogP contribution in [0.3, 0.4) is 0 Å². The van der Waals surface area contributed by atoms with Crippen molar-refractivity contribution in [1.29, 1.82) is 0 Å². The zero-order valence-corrected chi connectivity index (χ0v) is 17.2. The van der Waals surface area contributed by atoms with Crippen molar-refractivity contribution in [3.8, 4) is 5.75 Å². The normalized spacial score (nSPS) is 29.1. The number of halogens is 4. The van der Waals surface area contributed by atoms with Crippen LogP contribution in [-0.4, -0.2) is 15.4 Å². The lowest BCUT2D eigenvalue weighted by Gasteiger charge is -2.37. The fourth-order valence-corrected chi connectivity index (χ4v) is 9.52. The van der Waals surface area contributed by atoms with E-state index in [2.05, 4.69) is 11.7 Å². The minimum Gasteiger partial charge on any atom is -0.429 e. The predicted molar refractivity (Wildman–Crippen MR) is 102 cm³/mol. The lowest BCUT2D eigenvalue weighted by atomic mass is 9.86. The molecule has 1 saturated heterocycles. The summed E-state index contributed by atoms with van der Waals surface area (Å²) in [6.45, 7) is -0.964. The Labute approximate surface area is 161 Å². The molecule has 2 fully saturated rings. The summed E-state index contributed by atoms with van der Waals surface area (Å²) in [6.07, 6.45) is 10.1. The van der Waals surface area contributed by atoms with Crippen molar-refractivity contribution in [1.82, 2.24) is 0 Å². The molecule has 0 aromatic heterocycles. The van der Waals surface area contributed by atoms with Crippen molar-refractivity contribution >= 4 is 8.80 Å². The quantitative estimate of drug-likeness (QED) is 0.366. The van der Waals surface area contributed by atoms with E-state index >= 15 is 0 Å². The SMILES string of the molecule is CCC[C@H]1CC[C@H]([SiH]2CCC(c3cc(F)c(OC(F)F)c(F)c3)CC2)CC1. The first-order chi connectivity index (χ1) is 13.0. The number of alkyl halides is 2. The third-order valence-corrected chi connectivity index (χ3v) is 10.9. The van der Waals surface area contributed by atoms with Gasteiger partial charge in [0.1, 0.15) is 0 Å². The highest BCUT2D eigenvalue weighted by atomic mass is 28.3. The van der Waals surface area contributed by atoms with Crippen LogP contribution in [0.1, 0.15) is 69.8 Å². The number of hydrogen-bond donors (Lipinski definition) is 0. The van der Waals surface area contributed by atoms with Crippen molar-refractivity contribution < 1.29 is 22.3 Å². The molecule has 0 N–H and O–H groups in total. The fraction of sp³-hybridized carbons (Fsp3) is 0.714. The van der Waals surface area contributed by atoms with Crippen LogP contribution < -0.4 is 4.74 Å². The van der Waals surface area contributed by atoms with Gasteiger partial charge in [0, 0.05) is 8.80 Å². The first kappa shape index (κ1) is 20.7. The third kappa shape index (κ3) is 5.27. The average Bonchev–Trinajstić information content (AvgIpc) is 2.65. The van der Waals surface area contributed by atoms with Crippen LogP contribution in [-0.2, 0) is 0 Å². The van der Waals surface area contributed by atoms with E-state index in [0.29, 0.717) is 5.56 Å². The molecule has 152 valence electrons. The van der Waals surface area contributed by atoms with Crippen LogP contribution in [0.5, 0.6) is 5.75 Å². The second-order valence-corrected chi connectivity index (χ2v) is 12.0. The van der Waals surface area contributed by atoms with Crippen LogP contribution in [0.2, 0.25) is 17.6 Å². The largest absolute Gasteiger partial charge is 0.429 e. The molecule has 3 rings (SSSR count). The van der Waals surface area contributed by atoms with Crippen molar-refractivity contribution in [3.05, 3.63) is 29.3 Å². The summed E-state index contributed by atoms with van der Waals surface area (Å²) in [5.74, 6) is -1.97. The molecule has 1 aromatic rings. The van der Waals surface area contributed by atoms with E-state index in [9.17, 15) is 17.6 Å². The topological polar surface area (TPSA) is 9.23 Å². The Hall–Kier alpha value is -1.04. The van der Waals surface area contributed by atoms with Gasteiger partial charge in [-0.15, -0.1) is 0 Å². The molecular formula is C21H30F4OSi. The van der Waals surface area contributed by atoms with Crippen LogP contribution in [0.15, 0.2) is 12.1 Å². The Kier molecular flexibility index (Phi) is 7.23. The summed E-state index contributed by atoms with van der Waals surface area (Å²) >= 11 is 0. The van der Waals surface area contributed by atoms with Crippen molar-refractivity contribution in [2.45, 2.75) is 88.4 Å². The van der Waals surface area contributed by atoms with Gasteiger partial charge in [0.15, 0.2) is 17.4 Å². The maximum atomic E-state index is 14.0. The summed E-state index contributed by atoms with van der Waals surface area (Å²) < 4.78 is 56.5. The van der Waals surface area contributed by atoms with Crippen LogP contribution in [0.4, 0.5) is 17.6 Å². The van der Waals surface area contributed by atoms with Crippen molar-refractivity contribution in [2.24, 2.45) is 5.92 Å². The van der Waals surface area contributed by atoms with E-state index < -0.39 is 32.8 Å². The molecular weight excluding hydrogens is 372 g/mol. The average molecular weight is 403 g/mol. The standard InChI is InChI=1S/C21H30F4OSi/c1-2-3-14-4-6-17(7-5-14)27-10-8-15(9-11-27)16-12-18(22)20(19(23)13-16)26-21(24)25/h12-15,17,21,27H,2-11H2,1H3/t14-,15?,17-,27?. The first-order valence-electron chi connectivity index (χ1n) is 10.4. The predicted octanol–water partition coefficient (Wildman–Crippen LogP) is 7.03. The van der Waals surface area contributed by atoms with Crippen molar-refractivity contribution in [3.63, 3.8) is 0 Å². The molecule has 1 nitrogen and oxygen atoms in total. The van der Waals surface area contributed by atoms with Gasteiger partial charge in [-0.05, 0) is 47.9 Å². The zero-order chi connectivity index (χ0) is 19.4. The highest BCUT2D eigenvalue weighted by Gasteiger charge is 2.32. The molecule has 0 radical (unpaired) electrons. The first-order valence-corrected chi connectivity index (χ1v) is 12.7. The molecule has 1 aromatic carbocycles. The highest BCUT2D eigenvalue weighted by molar-refractivity contribution is 6.60. The Morgan fingerprint density at radius 1 is 1.00 bits per heavy atom. The molecule has 2 aliphatic rings. The molecule has 1 saturated carbocycles. The maximum Gasteiger partial charge on any atom is 0.387 e. The molecule has 0 bridgehead atoms. The molecule has 0 atom stereocenters. The second kappa shape index (κ2) is 9.44. The summed E-state index contributed by atoms with van der Waals surface area (Å²) in [5.41, 5.74) is 1.53. The summed E-state index contributed by atoms with van der Waals surface area (Å²) in [7, 11) is -0.782. The summed E-state index contributed by atoms with van der Waals surface area (Å²) in [5, 5.41) is 0. The van der Waals surface area contributed by atoms with Gasteiger partial charge in [-0.25, -0.2) is 8.78 Å². The minimum atomic E-state index is -3.23. The van der Waals surface area contributed by atoms with Crippen LogP contribution >= 0.6 is 0 Å². The van der Waals surface area contributed by atoms with Gasteiger partial charge >= 0.3 is 6.61 Å². The number of hydrogen-bond acceptors (Lipinski definition) is 1. The van der Waals surface area contributed by atoms with Crippen LogP contribution in [0, 0.1) is 17.6 Å². The molecule has 1 aliphatic heterocycles. The Morgan fingerprint density at radius 3 is 2.11 bits per heavy atom. The Bertz CT molecular complexity index is 585. The van der Waals surface area contributed by atoms with Crippen LogP contribution in [0.25, 0.3) is 0 Å². The summed E-state index contributed by atoms with van der Waals surface area (Å²) in [6, 6.07) is 4.82. The van der Waals surface area contributed by atoms with E-state index in [-0.39, 0.29) is 5.92 Å². The van der Waals surface area contributed by atoms with Gasteiger partial charge in [0.2, 0.25) is 0 Å². The van der Waals surface area contributed by atoms with E-state index in [0.717, 1.165) is 24.3 Å². The van der Waals surface area contributed by atoms with E-state index in [4.69, 9.17) is 0 Å². The van der Waals surface area contributed by atoms with E-state index in [1.165, 1.54) is 62.7 Å². The van der Waals surface area contributed by atoms with Gasteiger partial charge in [-0.1, -0.05) is 57.5 Å². The Balaban J connectivity index is 1.55. The monoisotopic (exact) mass is 402 g/mol. The van der Waals surface area contributed by atoms with Crippen molar-refractivity contribution in [2.75, 3.05) is 0 Å². The van der Waals surface area contributed by atoms with E-state index in [1.807, 2.05) is 0 Å². The Morgan fingerprint density at radius 2 is 1.59 bits per heavy atom. The molecule has 0 spiro atoms. The fourth-order valence-electron chi connectivity index (χ4n) is 5.30. The van der Waals surface area contributed by atoms with Gasteiger partial charge < -0.3 is 4.74 Å². The lowest BCUT2D eigenvalue weighted by molar-refractivity contribution is -0.0546. The number of ether oxygens (including phenoxy) is 1. The molecule has 0 amide bonds. The number of benzene rings is 1. The summed E-state index contributed by atoms with van der Waals surface area (Å²) in [4.78, 5) is 0. The molecule has 27 heavy (non-hydrogen) atoms. The zero-order valence-electron chi connectivity index (χ0n) is 16.0. The molecule has 1 aliphatic carbocycles. The highest BCUT2D eigenvalue weighted by Crippen LogP contribution is 2.44. The second-order valence-electron chi connectivity index (χ2n) is 8.37. The number of rotatable bonds is 6. The van der Waals surface area contributed by atoms with Gasteiger partial charge in [0.25, 0.3) is 0 Å². The van der Waals surface area contributed by atoms with Gasteiger partial charge in [0.05, 0.1) is 0 Å². The van der Waals surface area contributed by atoms with E-state index in [1.54, 1.807) is 0 Å². The molecule has 6 heteroatoms. The molecule has 1 heterocycles. The third-order valence-electron chi connectivity index (χ3n) is 6.73. The minimum absolute atomic E-state index is 0.134. The lowest BCUT2D eigenvalue weighted by Crippen LogP contribution is -2.29. The molecule has 0 unspecified atom stereocenters. The van der Waals surface area contributed by atoms with Gasteiger partial charge in [-0.2, -0.15) is 8.78 Å². The maximum absolute atomic E-state index is 14.0.